The summed E-state index contributed by atoms with van der Waals surface area (Å²) in [6.07, 6.45) is 1.82. The number of amides is 2. The highest BCUT2D eigenvalue weighted by atomic mass is 79.9. The highest BCUT2D eigenvalue weighted by Gasteiger charge is 2.77. The second-order valence-corrected chi connectivity index (χ2v) is 10.8. The van der Waals surface area contributed by atoms with Crippen LogP contribution in [0, 0.1) is 17.8 Å². The Bertz CT molecular complexity index is 758. The number of carbonyl (C=O) groups is 3. The maximum absolute atomic E-state index is 13.9. The number of likely N-dealkylation sites (tertiary alicyclic amines) is 1. The fourth-order valence-corrected chi connectivity index (χ4v) is 6.64. The summed E-state index contributed by atoms with van der Waals surface area (Å²) in [7, 11) is 0. The van der Waals surface area contributed by atoms with E-state index >= 15 is 0 Å². The number of alkyl halides is 1. The van der Waals surface area contributed by atoms with Crippen LogP contribution in [0.4, 0.5) is 0 Å². The zero-order chi connectivity index (χ0) is 23.2. The molecule has 0 aliphatic carbocycles. The Balaban J connectivity index is 2.14. The standard InChI is InChI=1S/C22H33BrN2O6/c1-6-7-24(12(4)5)20(28)18-22-9-14(23)17(31-22)15(21(29)30)16(22)19(27)25(18)13(10-26)8-11(2)3/h6,11-18,26H,1,7-10H2,2-5H3,(H,29,30)/t13-,14?,15+,16+,17+,18?,22?/m1/s1. The van der Waals surface area contributed by atoms with Crippen LogP contribution in [0.5, 0.6) is 0 Å². The summed E-state index contributed by atoms with van der Waals surface area (Å²) >= 11 is 3.53. The minimum atomic E-state index is -1.23. The Morgan fingerprint density at radius 3 is 2.52 bits per heavy atom. The third-order valence-corrected chi connectivity index (χ3v) is 7.67. The normalized spacial score (nSPS) is 35.0. The molecule has 3 rings (SSSR count). The summed E-state index contributed by atoms with van der Waals surface area (Å²) in [6, 6.07) is -1.73. The van der Waals surface area contributed by atoms with Crippen molar-refractivity contribution in [3.05, 3.63) is 12.7 Å². The lowest BCUT2D eigenvalue weighted by Crippen LogP contribution is -2.60. The van der Waals surface area contributed by atoms with Crippen molar-refractivity contribution in [2.24, 2.45) is 17.8 Å². The zero-order valence-electron chi connectivity index (χ0n) is 18.5. The average Bonchev–Trinajstić information content (AvgIpc) is 3.26. The van der Waals surface area contributed by atoms with Crippen LogP contribution in [-0.2, 0) is 19.1 Å². The van der Waals surface area contributed by atoms with Crippen LogP contribution >= 0.6 is 15.9 Å². The molecule has 2 N–H and O–H groups in total. The fraction of sp³-hybridized carbons (Fsp3) is 0.773. The zero-order valence-corrected chi connectivity index (χ0v) is 20.1. The van der Waals surface area contributed by atoms with E-state index < -0.39 is 47.5 Å². The molecule has 0 aromatic rings. The van der Waals surface area contributed by atoms with Gasteiger partial charge in [-0.1, -0.05) is 35.9 Å². The van der Waals surface area contributed by atoms with Crippen LogP contribution in [0.2, 0.25) is 0 Å². The van der Waals surface area contributed by atoms with Gasteiger partial charge in [-0.3, -0.25) is 14.4 Å². The number of aliphatic hydroxyl groups excluding tert-OH is 1. The summed E-state index contributed by atoms with van der Waals surface area (Å²) in [5, 5.41) is 20.1. The van der Waals surface area contributed by atoms with Gasteiger partial charge in [-0.2, -0.15) is 0 Å². The maximum Gasteiger partial charge on any atom is 0.310 e. The monoisotopic (exact) mass is 500 g/mol. The van der Waals surface area contributed by atoms with Crippen LogP contribution in [0.3, 0.4) is 0 Å². The molecule has 8 nitrogen and oxygen atoms in total. The van der Waals surface area contributed by atoms with E-state index in [1.165, 1.54) is 4.90 Å². The summed E-state index contributed by atoms with van der Waals surface area (Å²) < 4.78 is 6.27. The Kier molecular flexibility index (Phi) is 6.89. The van der Waals surface area contributed by atoms with E-state index in [9.17, 15) is 24.6 Å². The Morgan fingerprint density at radius 1 is 1.39 bits per heavy atom. The summed E-state index contributed by atoms with van der Waals surface area (Å²) in [5.41, 5.74) is -1.23. The quantitative estimate of drug-likeness (QED) is 0.368. The number of rotatable bonds is 9. The molecule has 3 aliphatic heterocycles. The number of carboxylic acids is 1. The topological polar surface area (TPSA) is 107 Å². The van der Waals surface area contributed by atoms with Gasteiger partial charge < -0.3 is 24.7 Å². The molecule has 0 saturated carbocycles. The first-order valence-electron chi connectivity index (χ1n) is 10.9. The van der Waals surface area contributed by atoms with Crippen LogP contribution in [0.25, 0.3) is 0 Å². The number of hydrogen-bond donors (Lipinski definition) is 2. The summed E-state index contributed by atoms with van der Waals surface area (Å²) in [6.45, 7) is 11.5. The molecule has 7 atom stereocenters. The SMILES string of the molecule is C=CCN(C(=O)C1N([C@@H](CO)CC(C)C)C(=O)[C@@H]2[C@H](C(=O)O)[C@H]3OC12CC3Br)C(C)C. The number of hydrogen-bond acceptors (Lipinski definition) is 5. The second-order valence-electron chi connectivity index (χ2n) is 9.59. The van der Waals surface area contributed by atoms with Crippen molar-refractivity contribution in [1.82, 2.24) is 9.80 Å². The second kappa shape index (κ2) is 8.83. The molecule has 3 heterocycles. The van der Waals surface area contributed by atoms with E-state index in [0.29, 0.717) is 19.4 Å². The van der Waals surface area contributed by atoms with Gasteiger partial charge >= 0.3 is 5.97 Å². The number of carbonyl (C=O) groups excluding carboxylic acids is 2. The lowest BCUT2D eigenvalue weighted by atomic mass is 9.70. The lowest BCUT2D eigenvalue weighted by Gasteiger charge is -2.40. The molecule has 0 radical (unpaired) electrons. The van der Waals surface area contributed by atoms with Crippen LogP contribution in [-0.4, -0.2) is 85.6 Å². The van der Waals surface area contributed by atoms with Gasteiger partial charge in [-0.25, -0.2) is 0 Å². The number of nitrogens with zero attached hydrogens (tertiary/aromatic N) is 2. The number of carboxylic acid groups (broad SMARTS) is 1. The number of aliphatic hydroxyl groups is 1. The number of ether oxygens (including phenoxy) is 1. The van der Waals surface area contributed by atoms with E-state index in [0.717, 1.165) is 0 Å². The van der Waals surface area contributed by atoms with E-state index in [-0.39, 0.29) is 29.3 Å². The average molecular weight is 501 g/mol. The Hall–Kier alpha value is -1.45. The predicted octanol–water partition coefficient (Wildman–Crippen LogP) is 1.65. The minimum absolute atomic E-state index is 0.149. The molecule has 3 unspecified atom stereocenters. The largest absolute Gasteiger partial charge is 0.481 e. The molecule has 3 fully saturated rings. The summed E-state index contributed by atoms with van der Waals surface area (Å²) in [5.74, 6) is -3.61. The van der Waals surface area contributed by atoms with E-state index in [1.807, 2.05) is 27.7 Å². The molecular formula is C22H33BrN2O6. The third kappa shape index (κ3) is 3.72. The van der Waals surface area contributed by atoms with Crippen LogP contribution in [0.15, 0.2) is 12.7 Å². The number of halogens is 1. The van der Waals surface area contributed by atoms with Gasteiger partial charge in [0.15, 0.2) is 0 Å². The van der Waals surface area contributed by atoms with Crippen molar-refractivity contribution in [1.29, 1.82) is 0 Å². The first-order chi connectivity index (χ1) is 14.5. The van der Waals surface area contributed by atoms with Crippen molar-refractivity contribution in [2.45, 2.75) is 75.2 Å². The molecule has 31 heavy (non-hydrogen) atoms. The number of aliphatic carboxylic acids is 1. The molecule has 0 aromatic heterocycles. The van der Waals surface area contributed by atoms with Gasteiger partial charge in [0.05, 0.1) is 30.6 Å². The Labute approximate surface area is 191 Å². The van der Waals surface area contributed by atoms with Gasteiger partial charge in [-0.05, 0) is 32.6 Å². The van der Waals surface area contributed by atoms with Crippen molar-refractivity contribution in [3.8, 4) is 0 Å². The minimum Gasteiger partial charge on any atom is -0.481 e. The molecule has 1 spiro atoms. The van der Waals surface area contributed by atoms with Crippen molar-refractivity contribution in [2.75, 3.05) is 13.2 Å². The predicted molar refractivity (Wildman–Crippen MR) is 118 cm³/mol. The lowest BCUT2D eigenvalue weighted by molar-refractivity contribution is -0.154. The Morgan fingerprint density at radius 2 is 2.03 bits per heavy atom. The first kappa shape index (κ1) is 24.2. The smallest absolute Gasteiger partial charge is 0.310 e. The van der Waals surface area contributed by atoms with Crippen molar-refractivity contribution in [3.63, 3.8) is 0 Å². The van der Waals surface area contributed by atoms with Gasteiger partial charge in [0.25, 0.3) is 0 Å². The molecular weight excluding hydrogens is 468 g/mol. The highest BCUT2D eigenvalue weighted by molar-refractivity contribution is 9.09. The third-order valence-electron chi connectivity index (χ3n) is 6.83. The van der Waals surface area contributed by atoms with Crippen LogP contribution < -0.4 is 0 Å². The molecule has 3 saturated heterocycles. The highest BCUT2D eigenvalue weighted by Crippen LogP contribution is 2.60. The molecule has 2 bridgehead atoms. The van der Waals surface area contributed by atoms with Gasteiger partial charge in [0, 0.05) is 17.4 Å². The van der Waals surface area contributed by atoms with Gasteiger partial charge in [0.1, 0.15) is 11.6 Å². The summed E-state index contributed by atoms with van der Waals surface area (Å²) in [4.78, 5) is 42.6. The fourth-order valence-electron chi connectivity index (χ4n) is 5.69. The van der Waals surface area contributed by atoms with E-state index in [2.05, 4.69) is 22.5 Å². The van der Waals surface area contributed by atoms with Gasteiger partial charge in [-0.15, -0.1) is 6.58 Å². The van der Waals surface area contributed by atoms with Crippen molar-refractivity contribution < 1.29 is 29.3 Å². The van der Waals surface area contributed by atoms with E-state index in [1.54, 1.807) is 11.0 Å². The van der Waals surface area contributed by atoms with E-state index in [4.69, 9.17) is 4.74 Å². The molecule has 9 heteroatoms. The van der Waals surface area contributed by atoms with Crippen molar-refractivity contribution >= 4 is 33.7 Å². The van der Waals surface area contributed by atoms with Crippen LogP contribution in [0.1, 0.15) is 40.5 Å². The van der Waals surface area contributed by atoms with Gasteiger partial charge in [0.2, 0.25) is 11.8 Å². The molecule has 174 valence electrons. The number of fused-ring (bicyclic) bond motifs is 1. The molecule has 0 aromatic carbocycles. The molecule has 2 amide bonds. The molecule has 3 aliphatic rings. The first-order valence-corrected chi connectivity index (χ1v) is 11.8. The maximum atomic E-state index is 13.9.